The Balaban J connectivity index is 1.32. The second kappa shape index (κ2) is 8.68. The van der Waals surface area contributed by atoms with Gasteiger partial charge in [0.25, 0.3) is 10.0 Å². The zero-order chi connectivity index (χ0) is 23.9. The Morgan fingerprint density at radius 1 is 0.882 bits per heavy atom. The highest BCUT2D eigenvalue weighted by Gasteiger charge is 2.36. The average Bonchev–Trinajstić information content (AvgIpc) is 3.02. The van der Waals surface area contributed by atoms with Crippen LogP contribution >= 0.6 is 0 Å². The van der Waals surface area contributed by atoms with Gasteiger partial charge in [0.15, 0.2) is 0 Å². The van der Waals surface area contributed by atoms with Crippen molar-refractivity contribution in [2.24, 2.45) is 0 Å². The first-order valence-electron chi connectivity index (χ1n) is 11.2. The van der Waals surface area contributed by atoms with Crippen molar-refractivity contribution in [3.05, 3.63) is 60.7 Å². The number of nitrogens with one attached hydrogen (secondary N) is 1. The first kappa shape index (κ1) is 22.8. The molecule has 5 rings (SSSR count). The van der Waals surface area contributed by atoms with Gasteiger partial charge in [-0.2, -0.15) is 4.31 Å². The number of amides is 1. The summed E-state index contributed by atoms with van der Waals surface area (Å²) in [5.74, 6) is -0.517. The van der Waals surface area contributed by atoms with E-state index in [9.17, 15) is 21.6 Å². The monoisotopic (exact) mass is 499 g/mol. The molecule has 10 heteroatoms. The van der Waals surface area contributed by atoms with E-state index in [1.54, 1.807) is 24.3 Å². The lowest BCUT2D eigenvalue weighted by Crippen LogP contribution is -2.35. The van der Waals surface area contributed by atoms with Crippen LogP contribution in [-0.2, 0) is 24.8 Å². The minimum Gasteiger partial charge on any atom is -0.325 e. The van der Waals surface area contributed by atoms with Crippen LogP contribution in [0.4, 0.5) is 11.4 Å². The lowest BCUT2D eigenvalue weighted by molar-refractivity contribution is -0.114. The smallest absolute Gasteiger partial charge is 0.265 e. The van der Waals surface area contributed by atoms with E-state index < -0.39 is 26.0 Å². The predicted molar refractivity (Wildman–Crippen MR) is 131 cm³/mol. The second-order valence-electron chi connectivity index (χ2n) is 8.53. The maximum Gasteiger partial charge on any atom is 0.265 e. The van der Waals surface area contributed by atoms with Crippen LogP contribution < -0.4 is 9.62 Å². The molecule has 1 fully saturated rings. The highest BCUT2D eigenvalue weighted by Crippen LogP contribution is 2.41. The Bertz CT molecular complexity index is 1450. The molecular weight excluding hydrogens is 474 g/mol. The van der Waals surface area contributed by atoms with Crippen molar-refractivity contribution < 1.29 is 21.6 Å². The highest BCUT2D eigenvalue weighted by atomic mass is 32.2. The second-order valence-corrected chi connectivity index (χ2v) is 12.3. The van der Waals surface area contributed by atoms with Gasteiger partial charge in [-0.1, -0.05) is 37.1 Å². The van der Waals surface area contributed by atoms with Crippen molar-refractivity contribution in [2.75, 3.05) is 29.3 Å². The fourth-order valence-electron chi connectivity index (χ4n) is 4.60. The minimum atomic E-state index is -3.84. The van der Waals surface area contributed by atoms with Crippen LogP contribution in [0.1, 0.15) is 25.7 Å². The fourth-order valence-corrected chi connectivity index (χ4v) is 7.78. The van der Waals surface area contributed by atoms with Gasteiger partial charge in [-0.15, -0.1) is 0 Å². The van der Waals surface area contributed by atoms with Gasteiger partial charge in [0.1, 0.15) is 6.54 Å². The Kier molecular flexibility index (Phi) is 5.83. The number of benzene rings is 3. The molecule has 2 heterocycles. The zero-order valence-electron chi connectivity index (χ0n) is 18.5. The molecule has 3 aromatic rings. The standard InChI is InChI=1S/C24H25N3O5S2/c28-23(17-27-21-9-5-7-18-8-6-10-22(24(18)21)34(27,31)32)25-19-11-13-20(14-12-19)33(29,30)26-15-3-1-2-4-16-26/h5-14H,1-4,15-17H2,(H,25,28). The van der Waals surface area contributed by atoms with E-state index in [4.69, 9.17) is 0 Å². The maximum atomic E-state index is 13.1. The summed E-state index contributed by atoms with van der Waals surface area (Å²) >= 11 is 0. The summed E-state index contributed by atoms with van der Waals surface area (Å²) in [6.45, 7) is 0.643. The van der Waals surface area contributed by atoms with Gasteiger partial charge in [0.05, 0.1) is 15.5 Å². The molecule has 2 aliphatic heterocycles. The lowest BCUT2D eigenvalue weighted by Gasteiger charge is -2.20. The van der Waals surface area contributed by atoms with Crippen LogP contribution in [0.3, 0.4) is 0 Å². The molecule has 0 atom stereocenters. The van der Waals surface area contributed by atoms with Gasteiger partial charge >= 0.3 is 0 Å². The first-order chi connectivity index (χ1) is 16.3. The van der Waals surface area contributed by atoms with Crippen molar-refractivity contribution in [3.8, 4) is 0 Å². The van der Waals surface area contributed by atoms with Crippen LogP contribution in [0.2, 0.25) is 0 Å². The number of hydrogen-bond donors (Lipinski definition) is 1. The molecule has 0 aliphatic carbocycles. The van der Waals surface area contributed by atoms with Gasteiger partial charge < -0.3 is 5.32 Å². The number of anilines is 2. The average molecular weight is 500 g/mol. The van der Waals surface area contributed by atoms with E-state index in [0.29, 0.717) is 29.9 Å². The summed E-state index contributed by atoms with van der Waals surface area (Å²) in [5.41, 5.74) is 0.870. The van der Waals surface area contributed by atoms with E-state index in [-0.39, 0.29) is 16.3 Å². The van der Waals surface area contributed by atoms with Crippen LogP contribution in [0, 0.1) is 0 Å². The van der Waals surface area contributed by atoms with Crippen molar-refractivity contribution in [3.63, 3.8) is 0 Å². The molecule has 0 spiro atoms. The fraction of sp³-hybridized carbons (Fsp3) is 0.292. The third-order valence-electron chi connectivity index (χ3n) is 6.31. The molecule has 1 N–H and O–H groups in total. The molecule has 3 aromatic carbocycles. The van der Waals surface area contributed by atoms with E-state index in [1.807, 2.05) is 12.1 Å². The van der Waals surface area contributed by atoms with Crippen molar-refractivity contribution in [1.29, 1.82) is 0 Å². The van der Waals surface area contributed by atoms with E-state index >= 15 is 0 Å². The SMILES string of the molecule is O=C(CN1c2cccc3cccc(c23)S1(=O)=O)Nc1ccc(S(=O)(=O)N2CCCCCC2)cc1. The third-order valence-corrected chi connectivity index (χ3v) is 10.0. The third kappa shape index (κ3) is 3.95. The Morgan fingerprint density at radius 2 is 1.53 bits per heavy atom. The molecule has 178 valence electrons. The van der Waals surface area contributed by atoms with E-state index in [1.165, 1.54) is 28.6 Å². The van der Waals surface area contributed by atoms with Crippen molar-refractivity contribution >= 4 is 48.1 Å². The van der Waals surface area contributed by atoms with Crippen LogP contribution in [0.15, 0.2) is 70.5 Å². The van der Waals surface area contributed by atoms with Gasteiger partial charge in [-0.05, 0) is 54.6 Å². The number of carbonyl (C=O) groups is 1. The predicted octanol–water partition coefficient (Wildman–Crippen LogP) is 3.55. The Hall–Kier alpha value is -2.95. The maximum absolute atomic E-state index is 13.1. The van der Waals surface area contributed by atoms with E-state index in [2.05, 4.69) is 5.32 Å². The number of hydrogen-bond acceptors (Lipinski definition) is 5. The van der Waals surface area contributed by atoms with E-state index in [0.717, 1.165) is 35.4 Å². The minimum absolute atomic E-state index is 0.177. The Morgan fingerprint density at radius 3 is 2.21 bits per heavy atom. The molecule has 0 unspecified atom stereocenters. The molecule has 0 saturated carbocycles. The zero-order valence-corrected chi connectivity index (χ0v) is 20.1. The van der Waals surface area contributed by atoms with Gasteiger partial charge in [0, 0.05) is 24.2 Å². The quantitative estimate of drug-likeness (QED) is 0.578. The summed E-state index contributed by atoms with van der Waals surface area (Å²) in [5, 5.41) is 4.09. The first-order valence-corrected chi connectivity index (χ1v) is 14.1. The summed E-state index contributed by atoms with van der Waals surface area (Å²) in [4.78, 5) is 13.1. The van der Waals surface area contributed by atoms with Crippen LogP contribution in [0.25, 0.3) is 10.8 Å². The van der Waals surface area contributed by atoms with Crippen LogP contribution in [0.5, 0.6) is 0 Å². The largest absolute Gasteiger partial charge is 0.325 e. The lowest BCUT2D eigenvalue weighted by atomic mass is 10.1. The number of rotatable bonds is 5. The van der Waals surface area contributed by atoms with Gasteiger partial charge in [-0.25, -0.2) is 16.8 Å². The summed E-state index contributed by atoms with van der Waals surface area (Å²) in [6.07, 6.45) is 3.77. The molecule has 0 aromatic heterocycles. The highest BCUT2D eigenvalue weighted by molar-refractivity contribution is 7.93. The normalized spacial score (nSPS) is 18.1. The van der Waals surface area contributed by atoms with Crippen molar-refractivity contribution in [1.82, 2.24) is 4.31 Å². The van der Waals surface area contributed by atoms with Crippen molar-refractivity contribution in [2.45, 2.75) is 35.5 Å². The number of nitrogens with zero attached hydrogens (tertiary/aromatic N) is 2. The molecular formula is C24H25N3O5S2. The topological polar surface area (TPSA) is 104 Å². The molecule has 0 bridgehead atoms. The molecule has 8 nitrogen and oxygen atoms in total. The number of carbonyl (C=O) groups excluding carboxylic acids is 1. The number of sulfonamides is 2. The van der Waals surface area contributed by atoms with Gasteiger partial charge in [0.2, 0.25) is 15.9 Å². The summed E-state index contributed by atoms with van der Waals surface area (Å²) in [6, 6.07) is 16.3. The molecule has 2 aliphatic rings. The molecule has 1 saturated heterocycles. The van der Waals surface area contributed by atoms with Crippen LogP contribution in [-0.4, -0.2) is 46.7 Å². The summed E-state index contributed by atoms with van der Waals surface area (Å²) in [7, 11) is -7.42. The van der Waals surface area contributed by atoms with Gasteiger partial charge in [-0.3, -0.25) is 9.10 Å². The Labute approximate surface area is 199 Å². The molecule has 1 amide bonds. The molecule has 34 heavy (non-hydrogen) atoms. The molecule has 0 radical (unpaired) electrons. The summed E-state index contributed by atoms with van der Waals surface area (Å²) < 4.78 is 54.6.